The Morgan fingerprint density at radius 2 is 1.88 bits per heavy atom. The fourth-order valence-corrected chi connectivity index (χ4v) is 2.44. The summed E-state index contributed by atoms with van der Waals surface area (Å²) in [6.07, 6.45) is 3.74. The van der Waals surface area contributed by atoms with E-state index in [9.17, 15) is 0 Å². The van der Waals surface area contributed by atoms with Gasteiger partial charge in [-0.2, -0.15) is 11.3 Å². The molecule has 0 atom stereocenters. The Hall–Kier alpha value is -1.28. The molecule has 0 saturated heterocycles. The van der Waals surface area contributed by atoms with Crippen molar-refractivity contribution in [2.75, 3.05) is 5.32 Å². The number of anilines is 1. The first kappa shape index (κ1) is 12.2. The van der Waals surface area contributed by atoms with E-state index in [-0.39, 0.29) is 0 Å². The van der Waals surface area contributed by atoms with Crippen LogP contribution in [0.5, 0.6) is 0 Å². The maximum absolute atomic E-state index is 3.44. The quantitative estimate of drug-likeness (QED) is 0.777. The van der Waals surface area contributed by atoms with Gasteiger partial charge in [0.05, 0.1) is 0 Å². The van der Waals surface area contributed by atoms with Crippen LogP contribution in [-0.4, -0.2) is 0 Å². The second-order valence-corrected chi connectivity index (χ2v) is 5.07. The predicted octanol–water partition coefficient (Wildman–Crippen LogP) is 4.70. The Bertz CT molecular complexity index is 417. The van der Waals surface area contributed by atoms with Crippen LogP contribution in [0.2, 0.25) is 0 Å². The van der Waals surface area contributed by atoms with Gasteiger partial charge in [0.2, 0.25) is 0 Å². The van der Waals surface area contributed by atoms with E-state index in [4.69, 9.17) is 0 Å². The Labute approximate surface area is 108 Å². The number of aryl methyl sites for hydroxylation is 1. The molecule has 1 heterocycles. The Kier molecular flexibility index (Phi) is 4.63. The van der Waals surface area contributed by atoms with Crippen molar-refractivity contribution in [1.29, 1.82) is 0 Å². The van der Waals surface area contributed by atoms with Crippen LogP contribution in [0.15, 0.2) is 41.1 Å². The van der Waals surface area contributed by atoms with Gasteiger partial charge in [0.25, 0.3) is 0 Å². The van der Waals surface area contributed by atoms with Crippen molar-refractivity contribution >= 4 is 17.0 Å². The minimum absolute atomic E-state index is 0.914. The highest BCUT2D eigenvalue weighted by Gasteiger charge is 1.96. The van der Waals surface area contributed by atoms with Gasteiger partial charge in [0.15, 0.2) is 0 Å². The third kappa shape index (κ3) is 3.90. The maximum Gasteiger partial charge on any atom is 0.0409 e. The zero-order valence-corrected chi connectivity index (χ0v) is 11.1. The summed E-state index contributed by atoms with van der Waals surface area (Å²) in [5, 5.41) is 7.74. The van der Waals surface area contributed by atoms with Crippen molar-refractivity contribution in [3.63, 3.8) is 0 Å². The van der Waals surface area contributed by atoms with E-state index in [0.717, 1.165) is 6.54 Å². The lowest BCUT2D eigenvalue weighted by Crippen LogP contribution is -1.97. The van der Waals surface area contributed by atoms with Gasteiger partial charge in [-0.25, -0.2) is 0 Å². The summed E-state index contributed by atoms with van der Waals surface area (Å²) in [6, 6.07) is 11.0. The van der Waals surface area contributed by atoms with Gasteiger partial charge in [0, 0.05) is 12.2 Å². The zero-order valence-electron chi connectivity index (χ0n) is 10.3. The SMILES string of the molecule is CCCCc1ccc(NCc2ccsc2)cc1. The molecule has 1 aromatic heterocycles. The predicted molar refractivity (Wildman–Crippen MR) is 76.7 cm³/mol. The molecule has 0 radical (unpaired) electrons. The van der Waals surface area contributed by atoms with Crippen molar-refractivity contribution in [1.82, 2.24) is 0 Å². The maximum atomic E-state index is 3.44. The zero-order chi connectivity index (χ0) is 11.9. The van der Waals surface area contributed by atoms with E-state index < -0.39 is 0 Å². The van der Waals surface area contributed by atoms with Crippen LogP contribution in [-0.2, 0) is 13.0 Å². The van der Waals surface area contributed by atoms with Crippen LogP contribution in [0.3, 0.4) is 0 Å². The molecule has 2 rings (SSSR count). The Morgan fingerprint density at radius 1 is 1.06 bits per heavy atom. The highest BCUT2D eigenvalue weighted by molar-refractivity contribution is 7.07. The summed E-state index contributed by atoms with van der Waals surface area (Å²) in [6.45, 7) is 3.15. The van der Waals surface area contributed by atoms with E-state index in [1.807, 2.05) is 0 Å². The normalized spacial score (nSPS) is 10.4. The molecule has 2 aromatic rings. The lowest BCUT2D eigenvalue weighted by Gasteiger charge is -2.06. The Balaban J connectivity index is 1.85. The molecule has 1 N–H and O–H groups in total. The van der Waals surface area contributed by atoms with Crippen LogP contribution >= 0.6 is 11.3 Å². The largest absolute Gasteiger partial charge is 0.381 e. The summed E-state index contributed by atoms with van der Waals surface area (Å²) in [5.74, 6) is 0. The molecule has 0 aliphatic heterocycles. The molecule has 0 bridgehead atoms. The van der Waals surface area contributed by atoms with Crippen LogP contribution in [0.4, 0.5) is 5.69 Å². The smallest absolute Gasteiger partial charge is 0.0409 e. The highest BCUT2D eigenvalue weighted by Crippen LogP contribution is 2.14. The number of rotatable bonds is 6. The van der Waals surface area contributed by atoms with Gasteiger partial charge in [-0.3, -0.25) is 0 Å². The molecular weight excluding hydrogens is 226 g/mol. The number of thiophene rings is 1. The van der Waals surface area contributed by atoms with E-state index in [1.54, 1.807) is 11.3 Å². The summed E-state index contributed by atoms with van der Waals surface area (Å²) < 4.78 is 0. The number of hydrogen-bond donors (Lipinski definition) is 1. The lowest BCUT2D eigenvalue weighted by atomic mass is 10.1. The highest BCUT2D eigenvalue weighted by atomic mass is 32.1. The van der Waals surface area contributed by atoms with Gasteiger partial charge in [0.1, 0.15) is 0 Å². The topological polar surface area (TPSA) is 12.0 Å². The minimum atomic E-state index is 0.914. The fourth-order valence-electron chi connectivity index (χ4n) is 1.77. The molecule has 0 fully saturated rings. The molecule has 2 heteroatoms. The first-order valence-electron chi connectivity index (χ1n) is 6.22. The standard InChI is InChI=1S/C15H19NS/c1-2-3-4-13-5-7-15(8-6-13)16-11-14-9-10-17-12-14/h5-10,12,16H,2-4,11H2,1H3. The van der Waals surface area contributed by atoms with Gasteiger partial charge < -0.3 is 5.32 Å². The van der Waals surface area contributed by atoms with Crippen LogP contribution in [0.1, 0.15) is 30.9 Å². The van der Waals surface area contributed by atoms with Crippen LogP contribution in [0, 0.1) is 0 Å². The second-order valence-electron chi connectivity index (χ2n) is 4.29. The summed E-state index contributed by atoms with van der Waals surface area (Å²) in [4.78, 5) is 0. The number of nitrogens with one attached hydrogen (secondary N) is 1. The van der Waals surface area contributed by atoms with Crippen molar-refractivity contribution in [3.05, 3.63) is 52.2 Å². The van der Waals surface area contributed by atoms with E-state index in [1.165, 1.54) is 36.1 Å². The summed E-state index contributed by atoms with van der Waals surface area (Å²) >= 11 is 1.75. The van der Waals surface area contributed by atoms with Gasteiger partial charge >= 0.3 is 0 Å². The summed E-state index contributed by atoms with van der Waals surface area (Å²) in [7, 11) is 0. The molecule has 1 aromatic carbocycles. The Morgan fingerprint density at radius 3 is 2.53 bits per heavy atom. The molecule has 0 spiro atoms. The summed E-state index contributed by atoms with van der Waals surface area (Å²) in [5.41, 5.74) is 3.99. The second kappa shape index (κ2) is 6.45. The van der Waals surface area contributed by atoms with Crippen LogP contribution < -0.4 is 5.32 Å². The number of hydrogen-bond acceptors (Lipinski definition) is 2. The third-order valence-electron chi connectivity index (χ3n) is 2.85. The van der Waals surface area contributed by atoms with Gasteiger partial charge in [-0.05, 0) is 52.9 Å². The van der Waals surface area contributed by atoms with Gasteiger partial charge in [-0.1, -0.05) is 25.5 Å². The third-order valence-corrected chi connectivity index (χ3v) is 3.58. The van der Waals surface area contributed by atoms with Crippen molar-refractivity contribution < 1.29 is 0 Å². The molecule has 17 heavy (non-hydrogen) atoms. The molecule has 0 aliphatic carbocycles. The van der Waals surface area contributed by atoms with E-state index in [2.05, 4.69) is 53.3 Å². The monoisotopic (exact) mass is 245 g/mol. The fraction of sp³-hybridized carbons (Fsp3) is 0.333. The molecular formula is C15H19NS. The molecule has 0 amide bonds. The lowest BCUT2D eigenvalue weighted by molar-refractivity contribution is 0.795. The van der Waals surface area contributed by atoms with E-state index in [0.29, 0.717) is 0 Å². The van der Waals surface area contributed by atoms with Crippen molar-refractivity contribution in [2.24, 2.45) is 0 Å². The average molecular weight is 245 g/mol. The van der Waals surface area contributed by atoms with Crippen molar-refractivity contribution in [3.8, 4) is 0 Å². The number of unbranched alkanes of at least 4 members (excludes halogenated alkanes) is 1. The van der Waals surface area contributed by atoms with Crippen molar-refractivity contribution in [2.45, 2.75) is 32.7 Å². The first-order chi connectivity index (χ1) is 8.38. The molecule has 90 valence electrons. The molecule has 0 aliphatic rings. The average Bonchev–Trinajstić information content (AvgIpc) is 2.88. The van der Waals surface area contributed by atoms with Gasteiger partial charge in [-0.15, -0.1) is 0 Å². The molecule has 0 saturated carbocycles. The molecule has 1 nitrogen and oxygen atoms in total. The minimum Gasteiger partial charge on any atom is -0.381 e. The van der Waals surface area contributed by atoms with E-state index >= 15 is 0 Å². The van der Waals surface area contributed by atoms with Crippen LogP contribution in [0.25, 0.3) is 0 Å². The first-order valence-corrected chi connectivity index (χ1v) is 7.16. The number of benzene rings is 1. The molecule has 0 unspecified atom stereocenters.